The summed E-state index contributed by atoms with van der Waals surface area (Å²) in [7, 11) is 1.37. The summed E-state index contributed by atoms with van der Waals surface area (Å²) in [5, 5.41) is 22.8. The van der Waals surface area contributed by atoms with Crippen LogP contribution >= 0.6 is 0 Å². The maximum Gasteiger partial charge on any atom is 0.407 e. The van der Waals surface area contributed by atoms with E-state index in [-0.39, 0.29) is 12.5 Å². The normalized spacial score (nSPS) is 15.1. The Balaban J connectivity index is 1.64. The van der Waals surface area contributed by atoms with Crippen LogP contribution in [0, 0.1) is 0 Å². The van der Waals surface area contributed by atoms with Crippen LogP contribution < -0.4 is 10.6 Å². The fraction of sp³-hybridized carbons (Fsp3) is 0.348. The highest BCUT2D eigenvalue weighted by molar-refractivity contribution is 5.87. The SMILES string of the molecule is CO[C@H](C)[C@H](NC(=O)OCC1c2ccccc2-c2ccccc21)C(=O)NCC(O)C(=O)O. The lowest BCUT2D eigenvalue weighted by Gasteiger charge is -2.24. The first-order chi connectivity index (χ1) is 15.3. The first kappa shape index (κ1) is 23.2. The van der Waals surface area contributed by atoms with Gasteiger partial charge in [-0.3, -0.25) is 4.79 Å². The second-order valence-corrected chi connectivity index (χ2v) is 7.49. The molecule has 4 N–H and O–H groups in total. The Bertz CT molecular complexity index is 948. The standard InChI is InChI=1S/C23H26N2O7/c1-13(31-2)20(21(27)24-11-19(26)22(28)29)25-23(30)32-12-18-16-9-5-3-7-14(16)15-8-4-6-10-17(15)18/h3-10,13,18-20,26H,11-12H2,1-2H3,(H,24,27)(H,25,30)(H,28,29)/t13-,19?,20+/m1/s1. The summed E-state index contributed by atoms with van der Waals surface area (Å²) >= 11 is 0. The van der Waals surface area contributed by atoms with E-state index in [4.69, 9.17) is 14.6 Å². The molecule has 1 aliphatic rings. The second-order valence-electron chi connectivity index (χ2n) is 7.49. The molecule has 0 bridgehead atoms. The number of methoxy groups -OCH3 is 1. The van der Waals surface area contributed by atoms with Gasteiger partial charge in [-0.05, 0) is 29.2 Å². The van der Waals surface area contributed by atoms with Gasteiger partial charge >= 0.3 is 12.1 Å². The summed E-state index contributed by atoms with van der Waals surface area (Å²) < 4.78 is 10.6. The number of hydrogen-bond donors (Lipinski definition) is 4. The molecular formula is C23H26N2O7. The van der Waals surface area contributed by atoms with Gasteiger partial charge in [-0.1, -0.05) is 48.5 Å². The predicted molar refractivity (Wildman–Crippen MR) is 115 cm³/mol. The van der Waals surface area contributed by atoms with Gasteiger partial charge in [-0.25, -0.2) is 9.59 Å². The topological polar surface area (TPSA) is 134 Å². The average Bonchev–Trinajstić information content (AvgIpc) is 3.12. The lowest BCUT2D eigenvalue weighted by molar-refractivity contribution is -0.146. The predicted octanol–water partition coefficient (Wildman–Crippen LogP) is 1.49. The van der Waals surface area contributed by atoms with Crippen LogP contribution in [0.2, 0.25) is 0 Å². The molecule has 2 aromatic carbocycles. The van der Waals surface area contributed by atoms with Crippen molar-refractivity contribution in [3.63, 3.8) is 0 Å². The number of carbonyl (C=O) groups excluding carboxylic acids is 2. The average molecular weight is 442 g/mol. The molecule has 0 fully saturated rings. The van der Waals surface area contributed by atoms with Crippen molar-refractivity contribution in [3.05, 3.63) is 59.7 Å². The van der Waals surface area contributed by atoms with Crippen LogP contribution in [0.15, 0.2) is 48.5 Å². The third-order valence-corrected chi connectivity index (χ3v) is 5.50. The number of rotatable bonds is 9. The number of fused-ring (bicyclic) bond motifs is 3. The van der Waals surface area contributed by atoms with Gasteiger partial charge in [0.25, 0.3) is 0 Å². The molecule has 32 heavy (non-hydrogen) atoms. The van der Waals surface area contributed by atoms with Gasteiger partial charge in [0.15, 0.2) is 6.10 Å². The number of benzene rings is 2. The molecule has 3 rings (SSSR count). The quantitative estimate of drug-likeness (QED) is 0.462. The zero-order valence-corrected chi connectivity index (χ0v) is 17.8. The molecule has 0 heterocycles. The molecule has 9 heteroatoms. The Hall–Kier alpha value is -3.43. The van der Waals surface area contributed by atoms with E-state index in [0.717, 1.165) is 22.3 Å². The summed E-state index contributed by atoms with van der Waals surface area (Å²) in [5.74, 6) is -2.30. The van der Waals surface area contributed by atoms with Gasteiger partial charge in [0.1, 0.15) is 12.6 Å². The zero-order valence-electron chi connectivity index (χ0n) is 17.8. The van der Waals surface area contributed by atoms with Crippen LogP contribution in [-0.4, -0.2) is 66.7 Å². The van der Waals surface area contributed by atoms with Crippen molar-refractivity contribution in [2.75, 3.05) is 20.3 Å². The van der Waals surface area contributed by atoms with E-state index >= 15 is 0 Å². The van der Waals surface area contributed by atoms with Crippen LogP contribution in [0.3, 0.4) is 0 Å². The van der Waals surface area contributed by atoms with Crippen molar-refractivity contribution < 1.29 is 34.1 Å². The molecule has 170 valence electrons. The van der Waals surface area contributed by atoms with Crippen molar-refractivity contribution in [1.82, 2.24) is 10.6 Å². The molecule has 1 aliphatic carbocycles. The fourth-order valence-corrected chi connectivity index (χ4v) is 3.69. The minimum Gasteiger partial charge on any atom is -0.479 e. The smallest absolute Gasteiger partial charge is 0.407 e. The molecule has 2 amide bonds. The molecular weight excluding hydrogens is 416 g/mol. The van der Waals surface area contributed by atoms with E-state index in [1.165, 1.54) is 7.11 Å². The minimum atomic E-state index is -1.76. The van der Waals surface area contributed by atoms with Gasteiger partial charge < -0.3 is 30.3 Å². The number of ether oxygens (including phenoxy) is 2. The highest BCUT2D eigenvalue weighted by Gasteiger charge is 2.31. The highest BCUT2D eigenvalue weighted by atomic mass is 16.5. The molecule has 0 spiro atoms. The van der Waals surface area contributed by atoms with E-state index in [0.29, 0.717) is 0 Å². The number of amides is 2. The Kier molecular flexibility index (Phi) is 7.45. The minimum absolute atomic E-state index is 0.0767. The Morgan fingerprint density at radius 1 is 1.03 bits per heavy atom. The highest BCUT2D eigenvalue weighted by Crippen LogP contribution is 2.44. The summed E-state index contributed by atoms with van der Waals surface area (Å²) in [6.07, 6.45) is -3.29. The number of nitrogens with one attached hydrogen (secondary N) is 2. The van der Waals surface area contributed by atoms with E-state index in [9.17, 15) is 19.5 Å². The molecule has 3 atom stereocenters. The van der Waals surface area contributed by atoms with E-state index in [1.54, 1.807) is 6.92 Å². The summed E-state index contributed by atoms with van der Waals surface area (Å²) in [4.78, 5) is 35.6. The van der Waals surface area contributed by atoms with Gasteiger partial charge in [-0.15, -0.1) is 0 Å². The molecule has 1 unspecified atom stereocenters. The van der Waals surface area contributed by atoms with Crippen molar-refractivity contribution >= 4 is 18.0 Å². The molecule has 0 saturated carbocycles. The Morgan fingerprint density at radius 3 is 2.12 bits per heavy atom. The number of hydrogen-bond acceptors (Lipinski definition) is 6. The number of carboxylic acids is 1. The first-order valence-corrected chi connectivity index (χ1v) is 10.2. The third kappa shape index (κ3) is 5.06. The number of aliphatic hydroxyl groups is 1. The number of carbonyl (C=O) groups is 3. The first-order valence-electron chi connectivity index (χ1n) is 10.2. The van der Waals surface area contributed by atoms with E-state index in [1.807, 2.05) is 48.5 Å². The van der Waals surface area contributed by atoms with Crippen molar-refractivity contribution in [3.8, 4) is 11.1 Å². The second kappa shape index (κ2) is 10.3. The van der Waals surface area contributed by atoms with Gasteiger partial charge in [-0.2, -0.15) is 0 Å². The Labute approximate surface area is 185 Å². The number of carboxylic acid groups (broad SMARTS) is 1. The lowest BCUT2D eigenvalue weighted by Crippen LogP contribution is -2.54. The molecule has 0 aromatic heterocycles. The molecule has 2 aromatic rings. The van der Waals surface area contributed by atoms with Crippen molar-refractivity contribution in [2.24, 2.45) is 0 Å². The Morgan fingerprint density at radius 2 is 1.59 bits per heavy atom. The van der Waals surface area contributed by atoms with Crippen LogP contribution in [0.5, 0.6) is 0 Å². The number of alkyl carbamates (subject to hydrolysis) is 1. The summed E-state index contributed by atoms with van der Waals surface area (Å²) in [5.41, 5.74) is 4.31. The summed E-state index contributed by atoms with van der Waals surface area (Å²) in [6, 6.07) is 14.7. The third-order valence-electron chi connectivity index (χ3n) is 5.50. The molecule has 0 radical (unpaired) electrons. The van der Waals surface area contributed by atoms with Crippen LogP contribution in [0.1, 0.15) is 24.0 Å². The van der Waals surface area contributed by atoms with Crippen LogP contribution in [-0.2, 0) is 19.1 Å². The van der Waals surface area contributed by atoms with Gasteiger partial charge in [0.05, 0.1) is 12.6 Å². The van der Waals surface area contributed by atoms with Crippen molar-refractivity contribution in [2.45, 2.75) is 31.1 Å². The zero-order chi connectivity index (χ0) is 23.3. The lowest BCUT2D eigenvalue weighted by atomic mass is 9.98. The van der Waals surface area contributed by atoms with Gasteiger partial charge in [0, 0.05) is 13.0 Å². The molecule has 0 aliphatic heterocycles. The largest absolute Gasteiger partial charge is 0.479 e. The van der Waals surface area contributed by atoms with Crippen LogP contribution in [0.4, 0.5) is 4.79 Å². The monoisotopic (exact) mass is 442 g/mol. The maximum absolute atomic E-state index is 12.5. The maximum atomic E-state index is 12.5. The van der Waals surface area contributed by atoms with Gasteiger partial charge in [0.2, 0.25) is 5.91 Å². The van der Waals surface area contributed by atoms with E-state index in [2.05, 4.69) is 10.6 Å². The number of aliphatic carboxylic acids is 1. The summed E-state index contributed by atoms with van der Waals surface area (Å²) in [6.45, 7) is 1.14. The van der Waals surface area contributed by atoms with Crippen molar-refractivity contribution in [1.29, 1.82) is 0 Å². The fourth-order valence-electron chi connectivity index (χ4n) is 3.69. The number of aliphatic hydroxyl groups excluding tert-OH is 1. The molecule has 0 saturated heterocycles. The van der Waals surface area contributed by atoms with E-state index < -0.39 is 42.8 Å². The van der Waals surface area contributed by atoms with Crippen LogP contribution in [0.25, 0.3) is 11.1 Å². The molecule has 9 nitrogen and oxygen atoms in total.